The molecule has 0 bridgehead atoms. The average Bonchev–Trinajstić information content (AvgIpc) is 3.14. The molecule has 0 saturated carbocycles. The molecule has 1 amide bonds. The molecule has 1 saturated heterocycles. The van der Waals surface area contributed by atoms with Gasteiger partial charge < -0.3 is 24.3 Å². The number of amides is 1. The summed E-state index contributed by atoms with van der Waals surface area (Å²) in [5.41, 5.74) is 1.42. The van der Waals surface area contributed by atoms with Crippen molar-refractivity contribution < 1.29 is 28.5 Å². The van der Waals surface area contributed by atoms with Crippen molar-refractivity contribution in [2.75, 3.05) is 26.9 Å². The highest BCUT2D eigenvalue weighted by Crippen LogP contribution is 2.37. The number of benzene rings is 2. The number of carbonyl (C=O) groups is 2. The van der Waals surface area contributed by atoms with E-state index in [2.05, 4.69) is 31.0 Å². The van der Waals surface area contributed by atoms with E-state index in [1.807, 2.05) is 38.1 Å². The van der Waals surface area contributed by atoms with Crippen LogP contribution in [0.1, 0.15) is 19.4 Å². The third kappa shape index (κ3) is 6.75. The lowest BCUT2D eigenvalue weighted by atomic mass is 10.2. The number of hydrogen-bond acceptors (Lipinski definition) is 8. The van der Waals surface area contributed by atoms with Gasteiger partial charge in [-0.25, -0.2) is 9.79 Å². The first-order valence-electron chi connectivity index (χ1n) is 10.1. The van der Waals surface area contributed by atoms with Gasteiger partial charge in [-0.15, -0.1) is 0 Å². The Bertz CT molecular complexity index is 1090. The minimum absolute atomic E-state index is 0.243. The molecule has 0 atom stereocenters. The summed E-state index contributed by atoms with van der Waals surface area (Å²) < 4.78 is 21.9. The van der Waals surface area contributed by atoms with Crippen LogP contribution in [0.2, 0.25) is 0 Å². The highest BCUT2D eigenvalue weighted by Gasteiger charge is 2.24. The van der Waals surface area contributed by atoms with Gasteiger partial charge in [-0.05, 0) is 73.6 Å². The first-order chi connectivity index (χ1) is 15.9. The van der Waals surface area contributed by atoms with Gasteiger partial charge in [0.1, 0.15) is 5.75 Å². The van der Waals surface area contributed by atoms with Crippen LogP contribution in [0.15, 0.2) is 50.8 Å². The highest BCUT2D eigenvalue weighted by molar-refractivity contribution is 9.10. The number of carbonyl (C=O) groups excluding carboxylic acids is 2. The van der Waals surface area contributed by atoms with Crippen LogP contribution in [0.3, 0.4) is 0 Å². The van der Waals surface area contributed by atoms with E-state index >= 15 is 0 Å². The lowest BCUT2D eigenvalue weighted by Crippen LogP contribution is -2.19. The first kappa shape index (κ1) is 24.7. The molecule has 33 heavy (non-hydrogen) atoms. The van der Waals surface area contributed by atoms with Crippen LogP contribution >= 0.6 is 27.7 Å². The number of esters is 1. The number of rotatable bonds is 9. The molecule has 0 radical (unpaired) electrons. The van der Waals surface area contributed by atoms with Gasteiger partial charge in [0.05, 0.1) is 30.9 Å². The van der Waals surface area contributed by atoms with E-state index in [1.165, 1.54) is 18.9 Å². The molecule has 1 aliphatic rings. The standard InChI is InChI=1S/C23H23BrN2O6S/c1-4-30-16-8-6-15(7-9-16)25-23-26-22(28)20(33-23)11-14-10-18(31-5-2)19(12-17(14)24)32-13-21(27)29-3/h6-12H,4-5,13H2,1-3H3,(H,25,26,28). The maximum atomic E-state index is 12.5. The van der Waals surface area contributed by atoms with Crippen molar-refractivity contribution in [2.45, 2.75) is 13.8 Å². The van der Waals surface area contributed by atoms with Crippen LogP contribution in [-0.2, 0) is 14.3 Å². The topological polar surface area (TPSA) is 95.5 Å². The van der Waals surface area contributed by atoms with Gasteiger partial charge in [-0.1, -0.05) is 15.9 Å². The lowest BCUT2D eigenvalue weighted by molar-refractivity contribution is -0.142. The number of aliphatic imine (C=N–C) groups is 1. The third-order valence-corrected chi connectivity index (χ3v) is 5.85. The van der Waals surface area contributed by atoms with Crippen LogP contribution in [0.5, 0.6) is 17.2 Å². The second-order valence-corrected chi connectivity index (χ2v) is 8.41. The zero-order chi connectivity index (χ0) is 23.8. The summed E-state index contributed by atoms with van der Waals surface area (Å²) >= 11 is 4.73. The molecule has 0 aromatic heterocycles. The molecule has 1 aliphatic heterocycles. The van der Waals surface area contributed by atoms with Crippen LogP contribution in [0.4, 0.5) is 5.69 Å². The molecule has 0 spiro atoms. The van der Waals surface area contributed by atoms with E-state index in [1.54, 1.807) is 18.2 Å². The monoisotopic (exact) mass is 534 g/mol. The zero-order valence-corrected chi connectivity index (χ0v) is 20.7. The average molecular weight is 535 g/mol. The second kappa shape index (κ2) is 11.8. The molecule has 2 aromatic carbocycles. The maximum Gasteiger partial charge on any atom is 0.343 e. The van der Waals surface area contributed by atoms with E-state index in [4.69, 9.17) is 14.2 Å². The Balaban J connectivity index is 1.80. The van der Waals surface area contributed by atoms with Crippen LogP contribution in [0.25, 0.3) is 6.08 Å². The summed E-state index contributed by atoms with van der Waals surface area (Å²) in [4.78, 5) is 28.9. The largest absolute Gasteiger partial charge is 0.494 e. The fraction of sp³-hybridized carbons (Fsp3) is 0.261. The fourth-order valence-corrected chi connectivity index (χ4v) is 4.03. The van der Waals surface area contributed by atoms with E-state index in [9.17, 15) is 9.59 Å². The number of amidine groups is 1. The summed E-state index contributed by atoms with van der Waals surface area (Å²) in [7, 11) is 1.29. The molecule has 0 unspecified atom stereocenters. The Hall–Kier alpha value is -2.98. The van der Waals surface area contributed by atoms with Crippen LogP contribution in [0, 0.1) is 0 Å². The van der Waals surface area contributed by atoms with Crippen molar-refractivity contribution in [3.8, 4) is 17.2 Å². The highest BCUT2D eigenvalue weighted by atomic mass is 79.9. The first-order valence-corrected chi connectivity index (χ1v) is 11.7. The van der Waals surface area contributed by atoms with Gasteiger partial charge in [0.15, 0.2) is 23.3 Å². The van der Waals surface area contributed by atoms with E-state index in [-0.39, 0.29) is 12.5 Å². The Labute approximate surface area is 204 Å². The van der Waals surface area contributed by atoms with Crippen molar-refractivity contribution in [1.82, 2.24) is 5.32 Å². The number of nitrogens with zero attached hydrogens (tertiary/aromatic N) is 1. The Morgan fingerprint density at radius 2 is 1.79 bits per heavy atom. The van der Waals surface area contributed by atoms with Crippen LogP contribution in [-0.4, -0.2) is 44.0 Å². The molecule has 1 fully saturated rings. The predicted molar refractivity (Wildman–Crippen MR) is 131 cm³/mol. The molecule has 8 nitrogen and oxygen atoms in total. The lowest BCUT2D eigenvalue weighted by Gasteiger charge is -2.13. The molecule has 3 rings (SSSR count). The number of hydrogen-bond donors (Lipinski definition) is 1. The van der Waals surface area contributed by atoms with Gasteiger partial charge in [0.25, 0.3) is 5.91 Å². The number of thioether (sulfide) groups is 1. The van der Waals surface area contributed by atoms with Gasteiger partial charge >= 0.3 is 5.97 Å². The van der Waals surface area contributed by atoms with Gasteiger partial charge in [0.2, 0.25) is 0 Å². The second-order valence-electron chi connectivity index (χ2n) is 6.53. The van der Waals surface area contributed by atoms with Crippen molar-refractivity contribution in [3.63, 3.8) is 0 Å². The molecule has 0 aliphatic carbocycles. The summed E-state index contributed by atoms with van der Waals surface area (Å²) in [6.45, 7) is 4.51. The van der Waals surface area contributed by atoms with Gasteiger partial charge in [0, 0.05) is 4.47 Å². The van der Waals surface area contributed by atoms with Crippen LogP contribution < -0.4 is 19.5 Å². The Morgan fingerprint density at radius 1 is 1.09 bits per heavy atom. The molecular formula is C23H23BrN2O6S. The number of halogens is 1. The smallest absolute Gasteiger partial charge is 0.343 e. The predicted octanol–water partition coefficient (Wildman–Crippen LogP) is 4.69. The summed E-state index contributed by atoms with van der Waals surface area (Å²) in [6, 6.07) is 10.7. The molecule has 1 heterocycles. The quantitative estimate of drug-likeness (QED) is 0.368. The fourth-order valence-electron chi connectivity index (χ4n) is 2.76. The number of nitrogens with one attached hydrogen (secondary N) is 1. The van der Waals surface area contributed by atoms with E-state index in [0.717, 1.165) is 5.75 Å². The Kier molecular flexibility index (Phi) is 8.79. The maximum absolute atomic E-state index is 12.5. The van der Waals surface area contributed by atoms with Crippen molar-refractivity contribution in [3.05, 3.63) is 51.3 Å². The third-order valence-electron chi connectivity index (χ3n) is 4.25. The molecule has 2 aromatic rings. The minimum Gasteiger partial charge on any atom is -0.494 e. The molecule has 10 heteroatoms. The van der Waals surface area contributed by atoms with Crippen molar-refractivity contribution in [2.24, 2.45) is 4.99 Å². The molecular weight excluding hydrogens is 512 g/mol. The summed E-state index contributed by atoms with van der Waals surface area (Å²) in [5, 5.41) is 3.26. The van der Waals surface area contributed by atoms with E-state index in [0.29, 0.717) is 50.5 Å². The van der Waals surface area contributed by atoms with Crippen molar-refractivity contribution in [1.29, 1.82) is 0 Å². The summed E-state index contributed by atoms with van der Waals surface area (Å²) in [5.74, 6) is 0.846. The SMILES string of the molecule is CCOc1ccc(N=C2NC(=O)C(=Cc3cc(OCC)c(OCC(=O)OC)cc3Br)S2)cc1. The van der Waals surface area contributed by atoms with Gasteiger partial charge in [-0.2, -0.15) is 0 Å². The zero-order valence-electron chi connectivity index (χ0n) is 18.3. The molecule has 174 valence electrons. The number of ether oxygens (including phenoxy) is 4. The summed E-state index contributed by atoms with van der Waals surface area (Å²) in [6.07, 6.45) is 1.73. The number of methoxy groups -OCH3 is 1. The Morgan fingerprint density at radius 3 is 2.45 bits per heavy atom. The normalized spacial score (nSPS) is 15.5. The molecule has 1 N–H and O–H groups in total. The minimum atomic E-state index is -0.502. The van der Waals surface area contributed by atoms with Crippen molar-refractivity contribution >= 4 is 56.5 Å². The van der Waals surface area contributed by atoms with Gasteiger partial charge in [-0.3, -0.25) is 4.79 Å². The van der Waals surface area contributed by atoms with E-state index < -0.39 is 5.97 Å².